The van der Waals surface area contributed by atoms with Gasteiger partial charge in [0.25, 0.3) is 11.8 Å². The predicted octanol–water partition coefficient (Wildman–Crippen LogP) is 1.56. The van der Waals surface area contributed by atoms with Gasteiger partial charge in [0, 0.05) is 12.2 Å². The minimum absolute atomic E-state index is 0.329. The van der Waals surface area contributed by atoms with Crippen molar-refractivity contribution < 1.29 is 9.59 Å². The van der Waals surface area contributed by atoms with Gasteiger partial charge < -0.3 is 0 Å². The Bertz CT molecular complexity index is 263. The van der Waals surface area contributed by atoms with E-state index >= 15 is 0 Å². The van der Waals surface area contributed by atoms with Gasteiger partial charge in [-0.05, 0) is 25.2 Å². The van der Waals surface area contributed by atoms with Crippen LogP contribution in [0.2, 0.25) is 0 Å². The van der Waals surface area contributed by atoms with Gasteiger partial charge in [-0.15, -0.1) is 0 Å². The van der Waals surface area contributed by atoms with Gasteiger partial charge in [0.1, 0.15) is 0 Å². The number of carbonyl (C=O) groups is 2. The monoisotopic (exact) mass is 193 g/mol. The van der Waals surface area contributed by atoms with Crippen LogP contribution in [-0.2, 0) is 9.59 Å². The Balaban J connectivity index is 0.000000140. The molecule has 0 saturated carbocycles. The van der Waals surface area contributed by atoms with Gasteiger partial charge in [0.2, 0.25) is 0 Å². The average Bonchev–Trinajstić information content (AvgIpc) is 2.52. The van der Waals surface area contributed by atoms with Crippen molar-refractivity contribution in [2.24, 2.45) is 5.92 Å². The molecule has 0 fully saturated rings. The molecule has 1 N–H and O–H groups in total. The van der Waals surface area contributed by atoms with Crippen LogP contribution < -0.4 is 5.32 Å². The summed E-state index contributed by atoms with van der Waals surface area (Å²) in [6.07, 6.45) is 11.1. The van der Waals surface area contributed by atoms with Gasteiger partial charge in [-0.3, -0.25) is 14.9 Å². The number of carbonyl (C=O) groups excluding carboxylic acids is 2. The molecule has 2 amide bonds. The van der Waals surface area contributed by atoms with Crippen LogP contribution in [0.4, 0.5) is 0 Å². The Morgan fingerprint density at radius 2 is 1.93 bits per heavy atom. The van der Waals surface area contributed by atoms with E-state index in [-0.39, 0.29) is 11.8 Å². The van der Waals surface area contributed by atoms with Gasteiger partial charge >= 0.3 is 0 Å². The second-order valence-corrected chi connectivity index (χ2v) is 3.52. The SMILES string of the molecule is CC1C=CCCC1.O=C1C=CC(=O)N1. The minimum atomic E-state index is -0.329. The minimum Gasteiger partial charge on any atom is -0.289 e. The van der Waals surface area contributed by atoms with Gasteiger partial charge in [-0.1, -0.05) is 19.1 Å². The fourth-order valence-electron chi connectivity index (χ4n) is 1.34. The van der Waals surface area contributed by atoms with Crippen LogP contribution in [-0.4, -0.2) is 11.8 Å². The fourth-order valence-corrected chi connectivity index (χ4v) is 1.34. The number of rotatable bonds is 0. The summed E-state index contributed by atoms with van der Waals surface area (Å²) in [6, 6.07) is 0. The Kier molecular flexibility index (Phi) is 4.11. The van der Waals surface area contributed by atoms with Crippen molar-refractivity contribution in [3.05, 3.63) is 24.3 Å². The molecule has 2 aliphatic rings. The highest BCUT2D eigenvalue weighted by Crippen LogP contribution is 2.14. The number of nitrogens with one attached hydrogen (secondary N) is 1. The predicted molar refractivity (Wildman–Crippen MR) is 54.4 cm³/mol. The van der Waals surface area contributed by atoms with E-state index in [1.54, 1.807) is 0 Å². The third-order valence-electron chi connectivity index (χ3n) is 2.13. The Morgan fingerprint density at radius 1 is 1.29 bits per heavy atom. The molecule has 2 rings (SSSR count). The molecular weight excluding hydrogens is 178 g/mol. The molecule has 76 valence electrons. The first kappa shape index (κ1) is 10.7. The summed E-state index contributed by atoms with van der Waals surface area (Å²) in [7, 11) is 0. The number of hydrogen-bond donors (Lipinski definition) is 1. The molecular formula is C11H15NO2. The van der Waals surface area contributed by atoms with Crippen LogP contribution in [0.3, 0.4) is 0 Å². The van der Waals surface area contributed by atoms with Crippen LogP contribution in [0, 0.1) is 5.92 Å². The molecule has 0 spiro atoms. The van der Waals surface area contributed by atoms with Crippen molar-refractivity contribution >= 4 is 11.8 Å². The van der Waals surface area contributed by atoms with Crippen LogP contribution in [0.1, 0.15) is 26.2 Å². The maximum Gasteiger partial charge on any atom is 0.250 e. The molecule has 1 aliphatic heterocycles. The van der Waals surface area contributed by atoms with Crippen LogP contribution in [0.25, 0.3) is 0 Å². The lowest BCUT2D eigenvalue weighted by atomic mass is 9.98. The molecule has 0 bridgehead atoms. The standard InChI is InChI=1S/C7H12.C4H3NO2/c1-7-5-3-2-4-6-7;6-3-1-2-4(7)5-3/h3,5,7H,2,4,6H2,1H3;1-2H,(H,5,6,7). The van der Waals surface area contributed by atoms with Crippen molar-refractivity contribution in [2.75, 3.05) is 0 Å². The molecule has 0 aromatic heterocycles. The largest absolute Gasteiger partial charge is 0.289 e. The Labute approximate surface area is 83.9 Å². The number of amides is 2. The lowest BCUT2D eigenvalue weighted by molar-refractivity contribution is -0.123. The topological polar surface area (TPSA) is 46.2 Å². The number of allylic oxidation sites excluding steroid dienone is 2. The first-order chi connectivity index (χ1) is 6.68. The van der Waals surface area contributed by atoms with Crippen LogP contribution in [0.15, 0.2) is 24.3 Å². The maximum atomic E-state index is 10.0. The average molecular weight is 193 g/mol. The zero-order valence-corrected chi connectivity index (χ0v) is 8.32. The summed E-state index contributed by atoms with van der Waals surface area (Å²) in [4.78, 5) is 20.1. The van der Waals surface area contributed by atoms with Crippen molar-refractivity contribution in [2.45, 2.75) is 26.2 Å². The second-order valence-electron chi connectivity index (χ2n) is 3.52. The summed E-state index contributed by atoms with van der Waals surface area (Å²) in [5.74, 6) is 0.198. The number of hydrogen-bond acceptors (Lipinski definition) is 2. The molecule has 1 aliphatic carbocycles. The Hall–Kier alpha value is -1.38. The van der Waals surface area contributed by atoms with Gasteiger partial charge in [-0.25, -0.2) is 0 Å². The van der Waals surface area contributed by atoms with E-state index < -0.39 is 0 Å². The lowest BCUT2D eigenvalue weighted by Gasteiger charge is -2.08. The summed E-state index contributed by atoms with van der Waals surface area (Å²) in [5.41, 5.74) is 0. The zero-order chi connectivity index (χ0) is 10.4. The highest BCUT2D eigenvalue weighted by atomic mass is 16.2. The molecule has 14 heavy (non-hydrogen) atoms. The van der Waals surface area contributed by atoms with Gasteiger partial charge in [0.15, 0.2) is 0 Å². The third-order valence-corrected chi connectivity index (χ3v) is 2.13. The Morgan fingerprint density at radius 3 is 2.14 bits per heavy atom. The molecule has 3 heteroatoms. The first-order valence-electron chi connectivity index (χ1n) is 4.88. The van der Waals surface area contributed by atoms with Gasteiger partial charge in [-0.2, -0.15) is 0 Å². The molecule has 1 atom stereocenters. The van der Waals surface area contributed by atoms with E-state index in [4.69, 9.17) is 0 Å². The number of imide groups is 1. The molecule has 0 radical (unpaired) electrons. The van der Waals surface area contributed by atoms with Gasteiger partial charge in [0.05, 0.1) is 0 Å². The van der Waals surface area contributed by atoms with E-state index in [1.807, 2.05) is 5.32 Å². The molecule has 3 nitrogen and oxygen atoms in total. The van der Waals surface area contributed by atoms with E-state index in [1.165, 1.54) is 31.4 Å². The summed E-state index contributed by atoms with van der Waals surface area (Å²) >= 11 is 0. The highest BCUT2D eigenvalue weighted by molar-refractivity contribution is 6.12. The van der Waals surface area contributed by atoms with Crippen LogP contribution >= 0.6 is 0 Å². The second kappa shape index (κ2) is 5.37. The molecule has 1 heterocycles. The summed E-state index contributed by atoms with van der Waals surface area (Å²) in [5, 5.41) is 2.03. The van der Waals surface area contributed by atoms with Crippen molar-refractivity contribution in [3.63, 3.8) is 0 Å². The van der Waals surface area contributed by atoms with Crippen LogP contribution in [0.5, 0.6) is 0 Å². The lowest BCUT2D eigenvalue weighted by Crippen LogP contribution is -2.19. The van der Waals surface area contributed by atoms with Crippen molar-refractivity contribution in [3.8, 4) is 0 Å². The summed E-state index contributed by atoms with van der Waals surface area (Å²) in [6.45, 7) is 2.27. The highest BCUT2D eigenvalue weighted by Gasteiger charge is 2.06. The van der Waals surface area contributed by atoms with E-state index in [2.05, 4.69) is 19.1 Å². The normalized spacial score (nSPS) is 24.2. The van der Waals surface area contributed by atoms with E-state index in [0.29, 0.717) is 0 Å². The molecule has 0 aromatic rings. The zero-order valence-electron chi connectivity index (χ0n) is 8.32. The van der Waals surface area contributed by atoms with Crippen molar-refractivity contribution in [1.29, 1.82) is 0 Å². The molecule has 1 unspecified atom stereocenters. The van der Waals surface area contributed by atoms with Crippen molar-refractivity contribution in [1.82, 2.24) is 5.32 Å². The summed E-state index contributed by atoms with van der Waals surface area (Å²) < 4.78 is 0. The quantitative estimate of drug-likeness (QED) is 0.469. The fraction of sp³-hybridized carbons (Fsp3) is 0.455. The molecule has 0 aromatic carbocycles. The molecule has 0 saturated heterocycles. The first-order valence-corrected chi connectivity index (χ1v) is 4.88. The smallest absolute Gasteiger partial charge is 0.250 e. The maximum absolute atomic E-state index is 10.0. The van der Waals surface area contributed by atoms with E-state index in [0.717, 1.165) is 5.92 Å². The van der Waals surface area contributed by atoms with E-state index in [9.17, 15) is 9.59 Å². The third kappa shape index (κ3) is 4.03.